The smallest absolute Gasteiger partial charge is 0.228 e. The predicted molar refractivity (Wildman–Crippen MR) is 104 cm³/mol. The zero-order chi connectivity index (χ0) is 20.0. The normalized spacial score (nSPS) is 14.6. The Bertz CT molecular complexity index is 1270. The van der Waals surface area contributed by atoms with E-state index in [-0.39, 0.29) is 17.7 Å². The number of nitrogens with zero attached hydrogens (tertiary/aromatic N) is 7. The Kier molecular flexibility index (Phi) is 4.05. The van der Waals surface area contributed by atoms with Gasteiger partial charge in [-0.15, -0.1) is 10.2 Å². The molecule has 4 aromatic rings. The summed E-state index contributed by atoms with van der Waals surface area (Å²) >= 11 is 1.30. The van der Waals surface area contributed by atoms with E-state index < -0.39 is 0 Å². The van der Waals surface area contributed by atoms with Crippen molar-refractivity contribution < 1.29 is 10.0 Å². The summed E-state index contributed by atoms with van der Waals surface area (Å²) in [6.07, 6.45) is 5.23. The van der Waals surface area contributed by atoms with E-state index >= 15 is 0 Å². The van der Waals surface area contributed by atoms with Gasteiger partial charge in [0.15, 0.2) is 22.9 Å². The molecular formula is C17H15N9O2S. The number of hydrogen-bond donors (Lipinski definition) is 3. The zero-order valence-electron chi connectivity index (χ0n) is 14.9. The number of carbonyl (C=O) groups excluding carboxylic acids is 1. The maximum absolute atomic E-state index is 11.9. The van der Waals surface area contributed by atoms with E-state index in [0.717, 1.165) is 12.8 Å². The molecule has 0 spiro atoms. The van der Waals surface area contributed by atoms with Crippen molar-refractivity contribution in [2.75, 3.05) is 5.32 Å². The molecule has 1 amide bonds. The molecule has 0 saturated heterocycles. The molecule has 1 saturated carbocycles. The second-order valence-electron chi connectivity index (χ2n) is 6.58. The van der Waals surface area contributed by atoms with Crippen LogP contribution in [-0.4, -0.2) is 46.1 Å². The van der Waals surface area contributed by atoms with Crippen LogP contribution in [0.1, 0.15) is 18.4 Å². The second-order valence-corrected chi connectivity index (χ2v) is 7.57. The van der Waals surface area contributed by atoms with Crippen molar-refractivity contribution in [1.29, 1.82) is 0 Å². The molecule has 1 fully saturated rings. The fourth-order valence-corrected chi connectivity index (χ4v) is 3.57. The van der Waals surface area contributed by atoms with Crippen LogP contribution in [0.25, 0.3) is 11.3 Å². The van der Waals surface area contributed by atoms with Gasteiger partial charge in [0.25, 0.3) is 0 Å². The molecule has 5 rings (SSSR count). The number of hydrogen-bond acceptors (Lipinski definition) is 8. The van der Waals surface area contributed by atoms with Crippen LogP contribution < -0.4 is 11.1 Å². The number of amidine groups is 1. The van der Waals surface area contributed by atoms with E-state index in [0.29, 0.717) is 32.9 Å². The first kappa shape index (κ1) is 17.4. The third kappa shape index (κ3) is 3.33. The molecule has 4 aromatic heterocycles. The first-order valence-corrected chi connectivity index (χ1v) is 9.60. The number of pyridine rings is 1. The van der Waals surface area contributed by atoms with Crippen LogP contribution >= 0.6 is 11.8 Å². The summed E-state index contributed by atoms with van der Waals surface area (Å²) in [5.41, 5.74) is 7.45. The highest BCUT2D eigenvalue weighted by Gasteiger charge is 2.30. The summed E-state index contributed by atoms with van der Waals surface area (Å²) in [5, 5.41) is 28.8. The zero-order valence-corrected chi connectivity index (χ0v) is 15.7. The molecule has 0 unspecified atom stereocenters. The minimum absolute atomic E-state index is 0.000528. The van der Waals surface area contributed by atoms with Gasteiger partial charge in [-0.05, 0) is 48.9 Å². The van der Waals surface area contributed by atoms with Crippen molar-refractivity contribution in [2.24, 2.45) is 16.8 Å². The summed E-state index contributed by atoms with van der Waals surface area (Å²) in [7, 11) is 0. The first-order chi connectivity index (χ1) is 14.1. The minimum atomic E-state index is -0.00437. The van der Waals surface area contributed by atoms with Crippen LogP contribution in [0.15, 0.2) is 52.0 Å². The molecule has 29 heavy (non-hydrogen) atoms. The molecule has 0 aliphatic heterocycles. The summed E-state index contributed by atoms with van der Waals surface area (Å²) in [5.74, 6) is 0.581. The Hall–Kier alpha value is -3.67. The fraction of sp³-hybridized carbons (Fsp3) is 0.176. The summed E-state index contributed by atoms with van der Waals surface area (Å²) in [6, 6.07) is 7.05. The van der Waals surface area contributed by atoms with Crippen LogP contribution in [0.4, 0.5) is 5.82 Å². The largest absolute Gasteiger partial charge is 0.409 e. The van der Waals surface area contributed by atoms with Crippen molar-refractivity contribution in [2.45, 2.75) is 23.0 Å². The van der Waals surface area contributed by atoms with E-state index in [1.54, 1.807) is 33.4 Å². The van der Waals surface area contributed by atoms with E-state index in [2.05, 4.69) is 30.8 Å². The highest BCUT2D eigenvalue weighted by Crippen LogP contribution is 2.30. The van der Waals surface area contributed by atoms with Gasteiger partial charge in [-0.2, -0.15) is 5.10 Å². The molecule has 4 heterocycles. The number of rotatable bonds is 5. The average molecular weight is 409 g/mol. The van der Waals surface area contributed by atoms with Crippen molar-refractivity contribution >= 4 is 40.6 Å². The van der Waals surface area contributed by atoms with E-state index in [1.165, 1.54) is 11.8 Å². The molecular weight excluding hydrogens is 394 g/mol. The maximum atomic E-state index is 11.9. The third-order valence-electron chi connectivity index (χ3n) is 4.47. The number of nitrogens with one attached hydrogen (secondary N) is 1. The van der Waals surface area contributed by atoms with Gasteiger partial charge in [-0.1, -0.05) is 5.16 Å². The minimum Gasteiger partial charge on any atom is -0.409 e. The second kappa shape index (κ2) is 6.74. The van der Waals surface area contributed by atoms with Gasteiger partial charge in [-0.25, -0.2) is 9.50 Å². The molecule has 11 nitrogen and oxygen atoms in total. The maximum Gasteiger partial charge on any atom is 0.228 e. The molecule has 0 aromatic carbocycles. The summed E-state index contributed by atoms with van der Waals surface area (Å²) in [6.45, 7) is 0. The lowest BCUT2D eigenvalue weighted by molar-refractivity contribution is -0.117. The molecule has 0 atom stereocenters. The molecule has 1 aliphatic rings. The highest BCUT2D eigenvalue weighted by atomic mass is 32.2. The summed E-state index contributed by atoms with van der Waals surface area (Å²) in [4.78, 5) is 16.3. The molecule has 12 heteroatoms. The van der Waals surface area contributed by atoms with Crippen LogP contribution in [0.5, 0.6) is 0 Å². The average Bonchev–Trinajstić information content (AvgIpc) is 3.41. The fourth-order valence-electron chi connectivity index (χ4n) is 2.80. The number of aromatic nitrogens is 6. The number of imidazole rings is 1. The van der Waals surface area contributed by atoms with Gasteiger partial charge in [0.2, 0.25) is 11.1 Å². The molecule has 0 radical (unpaired) electrons. The lowest BCUT2D eigenvalue weighted by atomic mass is 10.2. The van der Waals surface area contributed by atoms with Crippen LogP contribution in [-0.2, 0) is 4.79 Å². The van der Waals surface area contributed by atoms with Crippen LogP contribution in [0, 0.1) is 5.92 Å². The number of anilines is 1. The van der Waals surface area contributed by atoms with Crippen LogP contribution in [0.2, 0.25) is 0 Å². The lowest BCUT2D eigenvalue weighted by Crippen LogP contribution is -2.13. The van der Waals surface area contributed by atoms with Crippen molar-refractivity contribution in [3.63, 3.8) is 0 Å². The van der Waals surface area contributed by atoms with Gasteiger partial charge >= 0.3 is 0 Å². The molecule has 1 aliphatic carbocycles. The Balaban J connectivity index is 1.43. The van der Waals surface area contributed by atoms with Gasteiger partial charge in [0.05, 0.1) is 6.20 Å². The quantitative estimate of drug-likeness (QED) is 0.194. The number of nitrogens with two attached hydrogens (primary N) is 1. The first-order valence-electron chi connectivity index (χ1n) is 8.78. The SMILES string of the molecule is N/C(=N\O)c1ccc2nnc(Sc3ccc4nc(NC(=O)C5CC5)cn4n3)n2c1. The Morgan fingerprint density at radius 3 is 2.83 bits per heavy atom. The Morgan fingerprint density at radius 2 is 2.03 bits per heavy atom. The summed E-state index contributed by atoms with van der Waals surface area (Å²) < 4.78 is 3.34. The van der Waals surface area contributed by atoms with Gasteiger partial charge in [0, 0.05) is 17.7 Å². The topological polar surface area (TPSA) is 148 Å². The van der Waals surface area contributed by atoms with Crippen molar-refractivity contribution in [1.82, 2.24) is 29.2 Å². The number of fused-ring (bicyclic) bond motifs is 2. The Morgan fingerprint density at radius 1 is 1.21 bits per heavy atom. The van der Waals surface area contributed by atoms with E-state index in [1.807, 2.05) is 12.1 Å². The van der Waals surface area contributed by atoms with Crippen molar-refractivity contribution in [3.8, 4) is 0 Å². The third-order valence-corrected chi connectivity index (χ3v) is 5.35. The predicted octanol–water partition coefficient (Wildman–Crippen LogP) is 1.37. The molecule has 0 bridgehead atoms. The van der Waals surface area contributed by atoms with E-state index in [9.17, 15) is 4.79 Å². The molecule has 146 valence electrons. The van der Waals surface area contributed by atoms with Crippen molar-refractivity contribution in [3.05, 3.63) is 42.2 Å². The number of carbonyl (C=O) groups is 1. The lowest BCUT2D eigenvalue weighted by Gasteiger charge is -2.02. The van der Waals surface area contributed by atoms with Gasteiger partial charge < -0.3 is 16.3 Å². The number of oxime groups is 1. The van der Waals surface area contributed by atoms with Crippen LogP contribution in [0.3, 0.4) is 0 Å². The molecule has 4 N–H and O–H groups in total. The highest BCUT2D eigenvalue weighted by molar-refractivity contribution is 7.99. The standard InChI is InChI=1S/C17H15N9O2S/c18-15(24-28)10-3-4-13-21-22-17(25(13)7-10)29-14-6-5-12-19-11(8-26(12)23-14)20-16(27)9-1-2-9/h3-9,28H,1-2H2,(H2,18,24)(H,20,27). The van der Waals surface area contributed by atoms with Gasteiger partial charge in [0.1, 0.15) is 5.03 Å². The van der Waals surface area contributed by atoms with E-state index in [4.69, 9.17) is 10.9 Å². The monoisotopic (exact) mass is 409 g/mol. The number of amides is 1. The Labute approximate surface area is 167 Å². The van der Waals surface area contributed by atoms with Gasteiger partial charge in [-0.3, -0.25) is 9.20 Å².